The Bertz CT molecular complexity index is 675. The fourth-order valence-electron chi connectivity index (χ4n) is 3.97. The molecule has 2 aliphatic heterocycles. The summed E-state index contributed by atoms with van der Waals surface area (Å²) in [5, 5.41) is 6.87. The van der Waals surface area contributed by atoms with E-state index in [2.05, 4.69) is 53.6 Å². The van der Waals surface area contributed by atoms with E-state index in [1.807, 2.05) is 4.90 Å². The van der Waals surface area contributed by atoms with E-state index in [-0.39, 0.29) is 30.0 Å². The number of guanidine groups is 1. The minimum Gasteiger partial charge on any atom is -0.372 e. The number of nitrogens with zero attached hydrogens (tertiary/aromatic N) is 3. The molecule has 1 unspecified atom stereocenters. The molecule has 2 saturated heterocycles. The summed E-state index contributed by atoms with van der Waals surface area (Å²) in [7, 11) is 0. The van der Waals surface area contributed by atoms with Gasteiger partial charge in [-0.1, -0.05) is 12.1 Å². The molecule has 2 N–H and O–H groups in total. The number of nitrogens with one attached hydrogen (secondary N) is 2. The Hall–Kier alpha value is -1.51. The highest BCUT2D eigenvalue weighted by atomic mass is 127. The van der Waals surface area contributed by atoms with Gasteiger partial charge in [0.05, 0.1) is 6.04 Å². The van der Waals surface area contributed by atoms with Gasteiger partial charge in [0.15, 0.2) is 5.96 Å². The number of halogens is 1. The lowest BCUT2D eigenvalue weighted by Gasteiger charge is -2.22. The highest BCUT2D eigenvalue weighted by Gasteiger charge is 2.19. The largest absolute Gasteiger partial charge is 0.372 e. The monoisotopic (exact) mass is 513 g/mol. The lowest BCUT2D eigenvalue weighted by atomic mass is 10.1. The number of amides is 1. The van der Waals surface area contributed by atoms with Crippen LogP contribution in [0, 0.1) is 0 Å². The molecule has 1 aromatic rings. The molecule has 2 aliphatic rings. The average Bonchev–Trinajstić information content (AvgIpc) is 3.37. The SMILES string of the molecule is CCNC(=NCCCN1CCCC1=O)NC(C)c1cccc(N2CCCC2)c1.I. The van der Waals surface area contributed by atoms with Crippen molar-refractivity contribution >= 4 is 41.5 Å². The van der Waals surface area contributed by atoms with E-state index in [0.29, 0.717) is 12.3 Å². The van der Waals surface area contributed by atoms with Gasteiger partial charge >= 0.3 is 0 Å². The predicted molar refractivity (Wildman–Crippen MR) is 131 cm³/mol. The molecule has 0 radical (unpaired) electrons. The van der Waals surface area contributed by atoms with Crippen LogP contribution in [0.5, 0.6) is 0 Å². The second-order valence-corrected chi connectivity index (χ2v) is 7.75. The molecule has 162 valence electrons. The van der Waals surface area contributed by atoms with Gasteiger partial charge in [-0.05, 0) is 57.2 Å². The van der Waals surface area contributed by atoms with Gasteiger partial charge in [0.25, 0.3) is 0 Å². The molecular weight excluding hydrogens is 477 g/mol. The van der Waals surface area contributed by atoms with Gasteiger partial charge < -0.3 is 20.4 Å². The molecule has 7 heteroatoms. The minimum absolute atomic E-state index is 0. The summed E-state index contributed by atoms with van der Waals surface area (Å²) in [6.07, 6.45) is 5.19. The third kappa shape index (κ3) is 7.04. The molecule has 0 bridgehead atoms. The first kappa shape index (κ1) is 23.8. The van der Waals surface area contributed by atoms with Crippen LogP contribution in [0.4, 0.5) is 5.69 Å². The van der Waals surface area contributed by atoms with E-state index < -0.39 is 0 Å². The summed E-state index contributed by atoms with van der Waals surface area (Å²) in [6, 6.07) is 9.02. The van der Waals surface area contributed by atoms with Gasteiger partial charge in [-0.25, -0.2) is 0 Å². The summed E-state index contributed by atoms with van der Waals surface area (Å²) in [5.41, 5.74) is 2.60. The van der Waals surface area contributed by atoms with Gasteiger partial charge in [-0.15, -0.1) is 24.0 Å². The molecule has 6 nitrogen and oxygen atoms in total. The topological polar surface area (TPSA) is 60.0 Å². The number of carbonyl (C=O) groups excluding carboxylic acids is 1. The standard InChI is InChI=1S/C22H35N5O.HI/c1-3-23-22(24-12-8-16-27-15-7-11-21(27)28)25-18(2)19-9-6-10-20(17-19)26-13-4-5-14-26;/h6,9-10,17-18H,3-5,7-8,11-16H2,1-2H3,(H2,23,24,25);1H. The Morgan fingerprint density at radius 2 is 2.00 bits per heavy atom. The minimum atomic E-state index is 0. The van der Waals surface area contributed by atoms with Crippen molar-refractivity contribution in [1.29, 1.82) is 0 Å². The molecule has 0 spiro atoms. The molecular formula is C22H36IN5O. The molecule has 3 rings (SSSR count). The summed E-state index contributed by atoms with van der Waals surface area (Å²) in [5.74, 6) is 1.13. The summed E-state index contributed by atoms with van der Waals surface area (Å²) < 4.78 is 0. The maximum Gasteiger partial charge on any atom is 0.222 e. The van der Waals surface area contributed by atoms with Gasteiger partial charge in [0.2, 0.25) is 5.91 Å². The van der Waals surface area contributed by atoms with E-state index in [4.69, 9.17) is 4.99 Å². The number of benzene rings is 1. The normalized spacial score (nSPS) is 18.0. The van der Waals surface area contributed by atoms with Crippen LogP contribution in [0.25, 0.3) is 0 Å². The van der Waals surface area contributed by atoms with Crippen LogP contribution >= 0.6 is 24.0 Å². The molecule has 2 fully saturated rings. The first-order valence-electron chi connectivity index (χ1n) is 10.8. The van der Waals surface area contributed by atoms with Crippen molar-refractivity contribution in [1.82, 2.24) is 15.5 Å². The van der Waals surface area contributed by atoms with E-state index in [1.54, 1.807) is 0 Å². The molecule has 0 aliphatic carbocycles. The quantitative estimate of drug-likeness (QED) is 0.242. The number of likely N-dealkylation sites (tertiary alicyclic amines) is 1. The van der Waals surface area contributed by atoms with Crippen molar-refractivity contribution < 1.29 is 4.79 Å². The van der Waals surface area contributed by atoms with Crippen LogP contribution in [-0.4, -0.2) is 56.0 Å². The fraction of sp³-hybridized carbons (Fsp3) is 0.636. The molecule has 0 aromatic heterocycles. The van der Waals surface area contributed by atoms with Gasteiger partial charge in [-0.2, -0.15) is 0 Å². The van der Waals surface area contributed by atoms with Gasteiger partial charge in [0.1, 0.15) is 0 Å². The highest BCUT2D eigenvalue weighted by Crippen LogP contribution is 2.23. The second kappa shape index (κ2) is 12.2. The zero-order valence-electron chi connectivity index (χ0n) is 17.8. The summed E-state index contributed by atoms with van der Waals surface area (Å²) >= 11 is 0. The molecule has 1 amide bonds. The van der Waals surface area contributed by atoms with Crippen molar-refractivity contribution in [3.05, 3.63) is 29.8 Å². The number of hydrogen-bond acceptors (Lipinski definition) is 3. The van der Waals surface area contributed by atoms with Crippen molar-refractivity contribution in [2.45, 2.75) is 52.0 Å². The van der Waals surface area contributed by atoms with Crippen LogP contribution in [0.1, 0.15) is 57.6 Å². The van der Waals surface area contributed by atoms with Gasteiger partial charge in [0, 0.05) is 51.4 Å². The Labute approximate surface area is 192 Å². The molecule has 1 aromatic carbocycles. The first-order chi connectivity index (χ1) is 13.7. The number of hydrogen-bond donors (Lipinski definition) is 2. The average molecular weight is 513 g/mol. The van der Waals surface area contributed by atoms with Crippen molar-refractivity contribution in [3.8, 4) is 0 Å². The van der Waals surface area contributed by atoms with Crippen LogP contribution in [-0.2, 0) is 4.79 Å². The Morgan fingerprint density at radius 1 is 1.21 bits per heavy atom. The molecule has 29 heavy (non-hydrogen) atoms. The van der Waals surface area contributed by atoms with E-state index in [9.17, 15) is 4.79 Å². The first-order valence-corrected chi connectivity index (χ1v) is 10.8. The summed E-state index contributed by atoms with van der Waals surface area (Å²) in [6.45, 7) is 9.86. The highest BCUT2D eigenvalue weighted by molar-refractivity contribution is 14.0. The Kier molecular flexibility index (Phi) is 10.0. The number of aliphatic imine (C=N–C) groups is 1. The van der Waals surface area contributed by atoms with Gasteiger partial charge in [-0.3, -0.25) is 9.79 Å². The lowest BCUT2D eigenvalue weighted by Crippen LogP contribution is -2.39. The molecule has 1 atom stereocenters. The third-order valence-electron chi connectivity index (χ3n) is 5.57. The Balaban J connectivity index is 0.00000300. The zero-order chi connectivity index (χ0) is 19.8. The van der Waals surface area contributed by atoms with Crippen LogP contribution in [0.2, 0.25) is 0 Å². The van der Waals surface area contributed by atoms with Crippen LogP contribution in [0.15, 0.2) is 29.3 Å². The smallest absolute Gasteiger partial charge is 0.222 e. The maximum atomic E-state index is 11.7. The molecule has 2 heterocycles. The van der Waals surface area contributed by atoms with E-state index in [0.717, 1.165) is 58.1 Å². The van der Waals surface area contributed by atoms with Crippen LogP contribution < -0.4 is 15.5 Å². The van der Waals surface area contributed by atoms with E-state index >= 15 is 0 Å². The van der Waals surface area contributed by atoms with Crippen LogP contribution in [0.3, 0.4) is 0 Å². The van der Waals surface area contributed by atoms with Crippen molar-refractivity contribution in [3.63, 3.8) is 0 Å². The molecule has 0 saturated carbocycles. The maximum absolute atomic E-state index is 11.7. The lowest BCUT2D eigenvalue weighted by molar-refractivity contribution is -0.127. The zero-order valence-corrected chi connectivity index (χ0v) is 20.2. The number of rotatable bonds is 8. The fourth-order valence-corrected chi connectivity index (χ4v) is 3.97. The predicted octanol–water partition coefficient (Wildman–Crippen LogP) is 3.53. The second-order valence-electron chi connectivity index (χ2n) is 7.75. The third-order valence-corrected chi connectivity index (χ3v) is 5.57. The number of anilines is 1. The Morgan fingerprint density at radius 3 is 2.69 bits per heavy atom. The van der Waals surface area contributed by atoms with E-state index in [1.165, 1.54) is 24.1 Å². The number of carbonyl (C=O) groups is 1. The van der Waals surface area contributed by atoms with Crippen molar-refractivity contribution in [2.75, 3.05) is 44.2 Å². The van der Waals surface area contributed by atoms with Crippen molar-refractivity contribution in [2.24, 2.45) is 4.99 Å². The summed E-state index contributed by atoms with van der Waals surface area (Å²) in [4.78, 5) is 20.8.